The molecular formula is C80H122N14O7S3. The van der Waals surface area contributed by atoms with E-state index in [9.17, 15) is 30.0 Å². The average Bonchev–Trinajstić information content (AvgIpc) is 1.42. The van der Waals surface area contributed by atoms with Crippen LogP contribution in [0.25, 0.3) is 5.69 Å². The minimum atomic E-state index is -3.49. The molecule has 21 nitrogen and oxygen atoms in total. The molecule has 24 heteroatoms. The first kappa shape index (κ1) is 81.3. The van der Waals surface area contributed by atoms with Crippen LogP contribution in [0.1, 0.15) is 165 Å². The van der Waals surface area contributed by atoms with Crippen molar-refractivity contribution in [3.05, 3.63) is 143 Å². The first-order valence-corrected chi connectivity index (χ1v) is 43.5. The second kappa shape index (κ2) is 38.2. The van der Waals surface area contributed by atoms with Gasteiger partial charge in [-0.3, -0.25) is 9.52 Å². The third kappa shape index (κ3) is 22.9. The number of sulfone groups is 1. The van der Waals surface area contributed by atoms with Crippen LogP contribution >= 0.6 is 0 Å². The van der Waals surface area contributed by atoms with Crippen LogP contribution in [-0.2, 0) is 34.7 Å². The van der Waals surface area contributed by atoms with Crippen molar-refractivity contribution in [2.24, 2.45) is 0 Å². The van der Waals surface area contributed by atoms with Crippen LogP contribution in [0.4, 0.5) is 39.8 Å². The van der Waals surface area contributed by atoms with E-state index in [1.54, 1.807) is 0 Å². The summed E-state index contributed by atoms with van der Waals surface area (Å²) in [6.45, 7) is 41.2. The molecule has 13 rings (SSSR count). The van der Waals surface area contributed by atoms with Crippen LogP contribution in [0.2, 0.25) is 0 Å². The minimum absolute atomic E-state index is 0.0913. The molecule has 1 amide bonds. The van der Waals surface area contributed by atoms with Crippen LogP contribution in [0.5, 0.6) is 0 Å². The van der Waals surface area contributed by atoms with E-state index in [1.807, 2.05) is 47.4 Å². The number of nitrogens with zero attached hydrogens (tertiary/aromatic N) is 7. The average molecular weight is 1490 g/mol. The largest absolute Gasteiger partial charge is 0.368 e. The normalized spacial score (nSPS) is 17.9. The van der Waals surface area contributed by atoms with E-state index in [-0.39, 0.29) is 11.9 Å². The topological polar surface area (TPSA) is 228 Å². The number of carbonyl (C=O) groups excluding carboxylic acids is 1. The summed E-state index contributed by atoms with van der Waals surface area (Å²) in [4.78, 5) is 26.5. The number of hydrogen-bond donors (Lipinski definition) is 7. The maximum Gasteiger partial charge on any atom is 0.242 e. The zero-order chi connectivity index (χ0) is 74.7. The lowest BCUT2D eigenvalue weighted by atomic mass is 10.0. The lowest BCUT2D eigenvalue weighted by Crippen LogP contribution is -2.44. The molecule has 7 heterocycles. The van der Waals surface area contributed by atoms with Gasteiger partial charge in [-0.2, -0.15) is 0 Å². The van der Waals surface area contributed by atoms with E-state index in [4.69, 9.17) is 0 Å². The Kier molecular flexibility index (Phi) is 29.9. The molecule has 6 aromatic rings. The Balaban J connectivity index is 0.000000151. The summed E-state index contributed by atoms with van der Waals surface area (Å²) in [5, 5.41) is 16.7. The molecule has 5 aromatic carbocycles. The van der Waals surface area contributed by atoms with Gasteiger partial charge in [0.1, 0.15) is 4.90 Å². The smallest absolute Gasteiger partial charge is 0.242 e. The Labute approximate surface area is 624 Å². The van der Waals surface area contributed by atoms with E-state index < -0.39 is 29.9 Å². The summed E-state index contributed by atoms with van der Waals surface area (Å²) in [6, 6.07) is 35.6. The van der Waals surface area contributed by atoms with Gasteiger partial charge in [0.25, 0.3) is 0 Å². The van der Waals surface area contributed by atoms with Crippen molar-refractivity contribution in [1.29, 1.82) is 0 Å². The maximum atomic E-state index is 13.1. The number of amides is 1. The SMILES string of the molecule is CC(C)c1ccc(N2CCNCC2)c(-n2cccc2)c1.CC(C)c1ccc(N2CCNCC2)c(N2CCCC2=O)c1.CC(C)c1ccc(N2CCNCC2)c(NS(C)(=O)=O)c1.CC(C)c1ccc(N2CCNCC2)c(S(=O)(=O)NC2CCCC2)c1.CC(C)c1ccc(N2CCNCC2)c(S(C)(=O)=O)c1. The highest BCUT2D eigenvalue weighted by molar-refractivity contribution is 7.92. The monoisotopic (exact) mass is 1490 g/mol. The highest BCUT2D eigenvalue weighted by Gasteiger charge is 2.30. The van der Waals surface area contributed by atoms with Crippen LogP contribution in [0.3, 0.4) is 0 Å². The van der Waals surface area contributed by atoms with Crippen LogP contribution in [0, 0.1) is 0 Å². The quantitative estimate of drug-likeness (QED) is 0.0424. The number of hydrogen-bond acceptors (Lipinski definition) is 17. The molecule has 1 aliphatic carbocycles. The van der Waals surface area contributed by atoms with Crippen molar-refractivity contribution in [1.82, 2.24) is 35.9 Å². The van der Waals surface area contributed by atoms with Crippen LogP contribution in [0.15, 0.2) is 125 Å². The van der Waals surface area contributed by atoms with E-state index in [0.717, 1.165) is 209 Å². The van der Waals surface area contributed by atoms with Gasteiger partial charge in [-0.15, -0.1) is 0 Å². The number of rotatable bonds is 18. The molecule has 6 aliphatic heterocycles. The van der Waals surface area contributed by atoms with E-state index in [0.29, 0.717) is 51.5 Å². The summed E-state index contributed by atoms with van der Waals surface area (Å²) in [5.74, 6) is 2.32. The number of aromatic nitrogens is 1. The molecule has 0 spiro atoms. The van der Waals surface area contributed by atoms with Gasteiger partial charge < -0.3 is 60.6 Å². The minimum Gasteiger partial charge on any atom is -0.368 e. The second-order valence-corrected chi connectivity index (χ2v) is 35.6. The van der Waals surface area contributed by atoms with Crippen molar-refractivity contribution in [3.8, 4) is 5.69 Å². The highest BCUT2D eigenvalue weighted by atomic mass is 32.2. The number of sulfonamides is 2. The van der Waals surface area contributed by atoms with Crippen molar-refractivity contribution in [2.75, 3.05) is 184 Å². The molecular weight excluding hydrogens is 1370 g/mol. The summed E-state index contributed by atoms with van der Waals surface area (Å²) in [6.07, 6.45) is 12.5. The van der Waals surface area contributed by atoms with Crippen LogP contribution in [-0.4, -0.2) is 192 Å². The van der Waals surface area contributed by atoms with Gasteiger partial charge in [-0.05, 0) is 149 Å². The Morgan fingerprint density at radius 2 is 0.721 bits per heavy atom. The van der Waals surface area contributed by atoms with Crippen LogP contribution < -0.4 is 65.4 Å². The molecule has 0 bridgehead atoms. The molecule has 7 N–H and O–H groups in total. The zero-order valence-corrected chi connectivity index (χ0v) is 66.7. The lowest BCUT2D eigenvalue weighted by Gasteiger charge is -2.33. The molecule has 0 atom stereocenters. The number of nitrogens with one attached hydrogen (secondary N) is 7. The first-order valence-electron chi connectivity index (χ1n) is 38.3. The van der Waals surface area contributed by atoms with Gasteiger partial charge in [-0.25, -0.2) is 30.0 Å². The Hall–Kier alpha value is -6.74. The van der Waals surface area contributed by atoms with E-state index >= 15 is 0 Å². The maximum absolute atomic E-state index is 13.1. The fourth-order valence-electron chi connectivity index (χ4n) is 14.3. The van der Waals surface area contributed by atoms with Gasteiger partial charge in [0.2, 0.25) is 26.0 Å². The number of benzene rings is 5. The molecule has 0 radical (unpaired) electrons. The fraction of sp³-hybridized carbons (Fsp3) is 0.562. The Bertz CT molecular complexity index is 4060. The molecule has 1 aromatic heterocycles. The Morgan fingerprint density at radius 3 is 1.11 bits per heavy atom. The number of carbonyl (C=O) groups is 1. The Morgan fingerprint density at radius 1 is 0.385 bits per heavy atom. The van der Waals surface area contributed by atoms with Gasteiger partial charge in [0, 0.05) is 169 Å². The highest BCUT2D eigenvalue weighted by Crippen LogP contribution is 2.38. The fourth-order valence-corrected chi connectivity index (χ4v) is 17.3. The van der Waals surface area contributed by atoms with E-state index in [1.165, 1.54) is 40.7 Å². The second-order valence-electron chi connectivity index (χ2n) is 30.2. The predicted octanol–water partition coefficient (Wildman–Crippen LogP) is 11.0. The molecule has 572 valence electrons. The summed E-state index contributed by atoms with van der Waals surface area (Å²) in [5.41, 5.74) is 14.3. The van der Waals surface area contributed by atoms with Gasteiger partial charge in [-0.1, -0.05) is 112 Å². The first-order chi connectivity index (χ1) is 49.6. The van der Waals surface area contributed by atoms with Crippen molar-refractivity contribution in [3.63, 3.8) is 0 Å². The zero-order valence-electron chi connectivity index (χ0n) is 64.2. The summed E-state index contributed by atoms with van der Waals surface area (Å²) >= 11 is 0. The summed E-state index contributed by atoms with van der Waals surface area (Å²) < 4.78 is 81.2. The van der Waals surface area contributed by atoms with Gasteiger partial charge in [0.15, 0.2) is 9.84 Å². The third-order valence-electron chi connectivity index (χ3n) is 20.5. The van der Waals surface area contributed by atoms with Crippen molar-refractivity contribution < 1.29 is 30.0 Å². The standard InChI is InChI=1S/C18H29N3O2S.C17H25N3O.C17H23N3.C14H23N3O2S.C14H22N2O2S/c1-14(2)15-7-8-17(21-11-9-19-10-12-21)18(13-15)24(22,23)20-16-5-3-4-6-16;1-13(2)14-5-6-15(19-10-7-18-8-11-19)16(12-14)20-9-3-4-17(20)21;1-14(2)15-5-6-16(20-11-7-18-8-12-20)17(13-15)19-9-3-4-10-19;1-11(2)12-4-5-14(17-8-6-15-7-9-17)13(10-12)16-20(3,18)19;1-11(2)12-4-5-13(14(10-12)19(3,17)18)16-8-6-15-7-9-16/h7-8,13-14,16,19-20H,3-6,9-12H2,1-2H3;5-6,12-13,18H,3-4,7-11H2,1-2H3;3-6,9-10,13-14,18H,7-8,11-12H2,1-2H3;4-5,10-11,15-16H,6-9H2,1-3H3;4-5,10-11,15H,6-9H2,1-3H3. The molecule has 0 unspecified atom stereocenters. The van der Waals surface area contributed by atoms with Crippen molar-refractivity contribution in [2.45, 2.75) is 153 Å². The molecule has 7 fully saturated rings. The summed E-state index contributed by atoms with van der Waals surface area (Å²) in [7, 11) is -9.97. The molecule has 6 saturated heterocycles. The van der Waals surface area contributed by atoms with Crippen molar-refractivity contribution >= 4 is 75.6 Å². The molecule has 1 saturated carbocycles. The van der Waals surface area contributed by atoms with Gasteiger partial charge in [0.05, 0.1) is 56.7 Å². The third-order valence-corrected chi connectivity index (χ3v) is 23.8. The molecule has 104 heavy (non-hydrogen) atoms. The molecule has 7 aliphatic rings. The number of anilines is 7. The number of piperazine rings is 5. The van der Waals surface area contributed by atoms with E-state index in [2.05, 4.69) is 207 Å². The lowest BCUT2D eigenvalue weighted by molar-refractivity contribution is -0.117. The van der Waals surface area contributed by atoms with Gasteiger partial charge >= 0.3 is 0 Å². The predicted molar refractivity (Wildman–Crippen MR) is 433 cm³/mol.